The van der Waals surface area contributed by atoms with Crippen molar-refractivity contribution in [3.05, 3.63) is 0 Å². The molecule has 3 heteroatoms. The maximum atomic E-state index is 11.9. The highest BCUT2D eigenvalue weighted by molar-refractivity contribution is 5.76. The third-order valence-electron chi connectivity index (χ3n) is 4.30. The zero-order chi connectivity index (χ0) is 13.4. The number of amides is 1. The zero-order valence-corrected chi connectivity index (χ0v) is 12.1. The van der Waals surface area contributed by atoms with Crippen molar-refractivity contribution in [3.8, 4) is 0 Å². The molecule has 0 spiro atoms. The Kier molecular flexibility index (Phi) is 3.72. The van der Waals surface area contributed by atoms with Crippen LogP contribution in [0.15, 0.2) is 0 Å². The molecule has 0 aromatic rings. The number of hydrogen-bond acceptors (Lipinski definition) is 2. The summed E-state index contributed by atoms with van der Waals surface area (Å²) < 4.78 is 0. The molecule has 1 amide bonds. The van der Waals surface area contributed by atoms with E-state index in [0.29, 0.717) is 11.8 Å². The van der Waals surface area contributed by atoms with Gasteiger partial charge in [0.1, 0.15) is 0 Å². The Balaban J connectivity index is 1.66. The highest BCUT2D eigenvalue weighted by atomic mass is 16.1. The fourth-order valence-electron chi connectivity index (χ4n) is 3.03. The fraction of sp³-hybridized carbons (Fsp3) is 0.933. The molecule has 3 N–H and O–H groups in total. The molecule has 0 aliphatic heterocycles. The van der Waals surface area contributed by atoms with Crippen molar-refractivity contribution >= 4 is 5.91 Å². The SMILES string of the molecule is CC(C)(C)CC(N)CC(=O)NCC1(C2CC2)CC1. The van der Waals surface area contributed by atoms with E-state index in [9.17, 15) is 4.79 Å². The Bertz CT molecular complexity index is 311. The van der Waals surface area contributed by atoms with E-state index >= 15 is 0 Å². The Morgan fingerprint density at radius 2 is 2.00 bits per heavy atom. The molecule has 1 atom stereocenters. The molecule has 0 saturated heterocycles. The average molecular weight is 252 g/mol. The van der Waals surface area contributed by atoms with Crippen LogP contribution in [0.5, 0.6) is 0 Å². The average Bonchev–Trinajstić information content (AvgIpc) is 3.05. The summed E-state index contributed by atoms with van der Waals surface area (Å²) in [7, 11) is 0. The lowest BCUT2D eigenvalue weighted by Crippen LogP contribution is -2.37. The van der Waals surface area contributed by atoms with Crippen molar-refractivity contribution in [2.24, 2.45) is 22.5 Å². The fourth-order valence-corrected chi connectivity index (χ4v) is 3.03. The van der Waals surface area contributed by atoms with Crippen LogP contribution in [0.25, 0.3) is 0 Å². The van der Waals surface area contributed by atoms with Gasteiger partial charge in [0.2, 0.25) is 5.91 Å². The summed E-state index contributed by atoms with van der Waals surface area (Å²) >= 11 is 0. The molecule has 0 bridgehead atoms. The smallest absolute Gasteiger partial charge is 0.221 e. The van der Waals surface area contributed by atoms with Crippen molar-refractivity contribution in [1.82, 2.24) is 5.32 Å². The molecular formula is C15H28N2O. The molecule has 2 fully saturated rings. The summed E-state index contributed by atoms with van der Waals surface area (Å²) in [6, 6.07) is -0.0129. The van der Waals surface area contributed by atoms with Crippen LogP contribution in [-0.4, -0.2) is 18.5 Å². The van der Waals surface area contributed by atoms with Gasteiger partial charge in [-0.1, -0.05) is 20.8 Å². The first-order chi connectivity index (χ1) is 8.31. The minimum Gasteiger partial charge on any atom is -0.355 e. The summed E-state index contributed by atoms with van der Waals surface area (Å²) in [4.78, 5) is 11.9. The quantitative estimate of drug-likeness (QED) is 0.763. The van der Waals surface area contributed by atoms with E-state index in [4.69, 9.17) is 5.73 Å². The summed E-state index contributed by atoms with van der Waals surface area (Å²) in [6.07, 6.45) is 6.74. The number of hydrogen-bond donors (Lipinski definition) is 2. The summed E-state index contributed by atoms with van der Waals surface area (Å²) in [5.74, 6) is 1.04. The molecule has 0 heterocycles. The van der Waals surface area contributed by atoms with E-state index in [0.717, 1.165) is 18.9 Å². The highest BCUT2D eigenvalue weighted by Crippen LogP contribution is 2.60. The zero-order valence-electron chi connectivity index (χ0n) is 12.1. The summed E-state index contributed by atoms with van der Waals surface area (Å²) in [5.41, 5.74) is 6.72. The van der Waals surface area contributed by atoms with Gasteiger partial charge in [0, 0.05) is 19.0 Å². The second-order valence-electron chi connectivity index (χ2n) is 7.64. The Morgan fingerprint density at radius 3 is 2.44 bits per heavy atom. The van der Waals surface area contributed by atoms with Gasteiger partial charge in [-0.2, -0.15) is 0 Å². The van der Waals surface area contributed by atoms with Crippen LogP contribution in [0, 0.1) is 16.7 Å². The predicted molar refractivity (Wildman–Crippen MR) is 74.1 cm³/mol. The standard InChI is InChI=1S/C15H28N2O/c1-14(2,3)9-12(16)8-13(18)17-10-15(6-7-15)11-4-5-11/h11-12H,4-10,16H2,1-3H3,(H,17,18). The second-order valence-corrected chi connectivity index (χ2v) is 7.64. The van der Waals surface area contributed by atoms with Crippen LogP contribution < -0.4 is 11.1 Å². The second kappa shape index (κ2) is 4.84. The predicted octanol–water partition coefficient (Wildman–Crippen LogP) is 2.45. The van der Waals surface area contributed by atoms with E-state index < -0.39 is 0 Å². The lowest BCUT2D eigenvalue weighted by molar-refractivity contribution is -0.121. The monoisotopic (exact) mass is 252 g/mol. The molecule has 0 aromatic carbocycles. The van der Waals surface area contributed by atoms with Gasteiger partial charge in [-0.05, 0) is 48.9 Å². The molecule has 1 unspecified atom stereocenters. The molecule has 2 saturated carbocycles. The van der Waals surface area contributed by atoms with Crippen molar-refractivity contribution in [2.45, 2.75) is 65.3 Å². The van der Waals surface area contributed by atoms with E-state index in [-0.39, 0.29) is 17.4 Å². The topological polar surface area (TPSA) is 55.1 Å². The van der Waals surface area contributed by atoms with Crippen LogP contribution >= 0.6 is 0 Å². The van der Waals surface area contributed by atoms with Crippen LogP contribution in [0.1, 0.15) is 59.3 Å². The van der Waals surface area contributed by atoms with Crippen molar-refractivity contribution in [2.75, 3.05) is 6.54 Å². The molecule has 0 radical (unpaired) electrons. The first-order valence-electron chi connectivity index (χ1n) is 7.33. The minimum absolute atomic E-state index is 0.0129. The first-order valence-corrected chi connectivity index (χ1v) is 7.33. The number of rotatable bonds is 6. The molecular weight excluding hydrogens is 224 g/mol. The summed E-state index contributed by atoms with van der Waals surface area (Å²) in [6.45, 7) is 7.38. The van der Waals surface area contributed by atoms with Crippen LogP contribution in [0.4, 0.5) is 0 Å². The van der Waals surface area contributed by atoms with Crippen molar-refractivity contribution in [1.29, 1.82) is 0 Å². The minimum atomic E-state index is -0.0129. The molecule has 2 aliphatic rings. The Labute approximate surface area is 111 Å². The molecule has 2 rings (SSSR count). The number of carbonyl (C=O) groups excluding carboxylic acids is 1. The molecule has 3 nitrogen and oxygen atoms in total. The third-order valence-corrected chi connectivity index (χ3v) is 4.30. The van der Waals surface area contributed by atoms with Crippen molar-refractivity contribution in [3.63, 3.8) is 0 Å². The maximum absolute atomic E-state index is 11.9. The van der Waals surface area contributed by atoms with Gasteiger partial charge in [0.15, 0.2) is 0 Å². The summed E-state index contributed by atoms with van der Waals surface area (Å²) in [5, 5.41) is 3.10. The van der Waals surface area contributed by atoms with Crippen LogP contribution in [0.3, 0.4) is 0 Å². The lowest BCUT2D eigenvalue weighted by atomic mass is 9.87. The van der Waals surface area contributed by atoms with Crippen LogP contribution in [0.2, 0.25) is 0 Å². The number of nitrogens with two attached hydrogens (primary N) is 1. The molecule has 2 aliphatic carbocycles. The molecule has 0 aromatic heterocycles. The molecule has 104 valence electrons. The van der Waals surface area contributed by atoms with Crippen LogP contribution in [-0.2, 0) is 4.79 Å². The largest absolute Gasteiger partial charge is 0.355 e. The normalized spacial score (nSPS) is 23.6. The van der Waals surface area contributed by atoms with E-state index in [2.05, 4.69) is 26.1 Å². The Hall–Kier alpha value is -0.570. The van der Waals surface area contributed by atoms with E-state index in [1.54, 1.807) is 0 Å². The van der Waals surface area contributed by atoms with E-state index in [1.807, 2.05) is 0 Å². The lowest BCUT2D eigenvalue weighted by Gasteiger charge is -2.23. The van der Waals surface area contributed by atoms with Gasteiger partial charge < -0.3 is 11.1 Å². The highest BCUT2D eigenvalue weighted by Gasteiger charge is 2.53. The van der Waals surface area contributed by atoms with Gasteiger partial charge >= 0.3 is 0 Å². The number of carbonyl (C=O) groups is 1. The number of nitrogens with one attached hydrogen (secondary N) is 1. The first kappa shape index (κ1) is 13.9. The molecule has 18 heavy (non-hydrogen) atoms. The van der Waals surface area contributed by atoms with Crippen molar-refractivity contribution < 1.29 is 4.79 Å². The van der Waals surface area contributed by atoms with Gasteiger partial charge in [0.05, 0.1) is 0 Å². The Morgan fingerprint density at radius 1 is 1.39 bits per heavy atom. The van der Waals surface area contributed by atoms with Gasteiger partial charge in [-0.15, -0.1) is 0 Å². The van der Waals surface area contributed by atoms with Gasteiger partial charge in [-0.3, -0.25) is 4.79 Å². The van der Waals surface area contributed by atoms with Gasteiger partial charge in [0.25, 0.3) is 0 Å². The van der Waals surface area contributed by atoms with E-state index in [1.165, 1.54) is 25.7 Å². The maximum Gasteiger partial charge on any atom is 0.221 e. The van der Waals surface area contributed by atoms with Gasteiger partial charge in [-0.25, -0.2) is 0 Å². The third kappa shape index (κ3) is 3.98.